The van der Waals surface area contributed by atoms with Gasteiger partial charge in [0.25, 0.3) is 0 Å². The van der Waals surface area contributed by atoms with Crippen LogP contribution in [0.2, 0.25) is 0 Å². The predicted molar refractivity (Wildman–Crippen MR) is 121 cm³/mol. The number of hydrogen-bond acceptors (Lipinski definition) is 5. The minimum Gasteiger partial charge on any atom is -0.490 e. The molecule has 1 unspecified atom stereocenters. The summed E-state index contributed by atoms with van der Waals surface area (Å²) in [6.45, 7) is 7.14. The summed E-state index contributed by atoms with van der Waals surface area (Å²) >= 11 is 0. The van der Waals surface area contributed by atoms with Crippen molar-refractivity contribution in [2.24, 2.45) is 0 Å². The summed E-state index contributed by atoms with van der Waals surface area (Å²) in [6.07, 6.45) is -0.578. The van der Waals surface area contributed by atoms with Crippen molar-refractivity contribution in [1.29, 1.82) is 0 Å². The summed E-state index contributed by atoms with van der Waals surface area (Å²) in [6, 6.07) is 17.7. The number of rotatable bonds is 8. The van der Waals surface area contributed by atoms with Gasteiger partial charge in [0.1, 0.15) is 18.5 Å². The Labute approximate surface area is 185 Å². The molecule has 7 heteroatoms. The number of Topliss-reactive ketones (excluding diaryl/α,β-unsaturated/α-hetero) is 1. The maximum Gasteiger partial charge on any atom is 0.163 e. The van der Waals surface area contributed by atoms with Crippen LogP contribution in [-0.4, -0.2) is 66.1 Å². The van der Waals surface area contributed by atoms with Crippen LogP contribution in [0.3, 0.4) is 0 Å². The highest BCUT2D eigenvalue weighted by Crippen LogP contribution is 2.18. The average molecular weight is 441 g/mol. The minimum absolute atomic E-state index is 0. The van der Waals surface area contributed by atoms with Gasteiger partial charge in [0.2, 0.25) is 0 Å². The van der Waals surface area contributed by atoms with Gasteiger partial charge in [-0.25, -0.2) is 0 Å². The molecule has 1 N–H and O–H groups in total. The van der Waals surface area contributed by atoms with Crippen LogP contribution in [0.4, 0.5) is 0 Å². The smallest absolute Gasteiger partial charge is 0.163 e. The molecule has 2 aromatic rings. The minimum atomic E-state index is -0.578. The van der Waals surface area contributed by atoms with Gasteiger partial charge in [0.15, 0.2) is 5.78 Å². The maximum atomic E-state index is 11.6. The number of carbonyl (C=O) groups excluding carboxylic acids is 1. The van der Waals surface area contributed by atoms with Crippen LogP contribution in [0.5, 0.6) is 5.75 Å². The van der Waals surface area contributed by atoms with Gasteiger partial charge >= 0.3 is 0 Å². The highest BCUT2D eigenvalue weighted by molar-refractivity contribution is 5.96. The molecule has 1 heterocycles. The van der Waals surface area contributed by atoms with Crippen LogP contribution in [0.1, 0.15) is 22.8 Å². The van der Waals surface area contributed by atoms with E-state index in [1.165, 1.54) is 12.5 Å². The van der Waals surface area contributed by atoms with E-state index in [9.17, 15) is 9.90 Å². The molecule has 1 aliphatic heterocycles. The van der Waals surface area contributed by atoms with Crippen molar-refractivity contribution in [1.82, 2.24) is 9.80 Å². The van der Waals surface area contributed by atoms with Crippen molar-refractivity contribution in [3.63, 3.8) is 0 Å². The quantitative estimate of drug-likeness (QED) is 0.638. The zero-order valence-corrected chi connectivity index (χ0v) is 18.3. The molecular formula is C22H30Cl2N2O3. The molecule has 1 atom stereocenters. The fraction of sp³-hybridized carbons (Fsp3) is 0.409. The number of carbonyl (C=O) groups is 1. The number of ketones is 1. The molecule has 160 valence electrons. The number of para-hydroxylation sites is 1. The first-order valence-electron chi connectivity index (χ1n) is 9.51. The Kier molecular flexibility index (Phi) is 11.2. The lowest BCUT2D eigenvalue weighted by molar-refractivity contribution is 0.0443. The standard InChI is InChI=1S/C22H28N2O3.2ClH/c1-18(25)21-9-5-6-10-22(21)27-17-20(26)16-24-13-11-23(12-14-24)15-19-7-3-2-4-8-19;;/h2-10,20,26H,11-17H2,1H3;2*1H. The number of β-amino-alcohol motifs (C(OH)–C–C–N with tert-alkyl or cyclic N) is 1. The fourth-order valence-corrected chi connectivity index (χ4v) is 3.39. The lowest BCUT2D eigenvalue weighted by Gasteiger charge is -2.35. The van der Waals surface area contributed by atoms with Crippen LogP contribution in [-0.2, 0) is 6.54 Å². The van der Waals surface area contributed by atoms with Crippen molar-refractivity contribution in [3.8, 4) is 5.75 Å². The number of benzene rings is 2. The Morgan fingerprint density at radius 1 is 0.966 bits per heavy atom. The Hall–Kier alpha value is -1.63. The number of piperazine rings is 1. The molecule has 0 spiro atoms. The Morgan fingerprint density at radius 2 is 1.55 bits per heavy atom. The number of nitrogens with zero attached hydrogens (tertiary/aromatic N) is 2. The third-order valence-electron chi connectivity index (χ3n) is 4.88. The Balaban J connectivity index is 0.00000210. The molecule has 0 radical (unpaired) electrons. The van der Waals surface area contributed by atoms with Crippen LogP contribution < -0.4 is 4.74 Å². The van der Waals surface area contributed by atoms with Crippen LogP contribution in [0.15, 0.2) is 54.6 Å². The number of aliphatic hydroxyl groups is 1. The van der Waals surface area contributed by atoms with Crippen molar-refractivity contribution in [2.75, 3.05) is 39.3 Å². The largest absolute Gasteiger partial charge is 0.490 e. The summed E-state index contributed by atoms with van der Waals surface area (Å²) in [4.78, 5) is 16.3. The highest BCUT2D eigenvalue weighted by Gasteiger charge is 2.20. The van der Waals surface area contributed by atoms with E-state index in [0.29, 0.717) is 17.9 Å². The summed E-state index contributed by atoms with van der Waals surface area (Å²) in [5, 5.41) is 10.3. The second-order valence-corrected chi connectivity index (χ2v) is 7.08. The van der Waals surface area contributed by atoms with Gasteiger partial charge in [-0.1, -0.05) is 42.5 Å². The first-order valence-corrected chi connectivity index (χ1v) is 9.51. The Bertz CT molecular complexity index is 738. The zero-order chi connectivity index (χ0) is 19.1. The zero-order valence-electron chi connectivity index (χ0n) is 16.7. The average Bonchev–Trinajstić information content (AvgIpc) is 2.69. The molecule has 0 aliphatic carbocycles. The third-order valence-corrected chi connectivity index (χ3v) is 4.88. The van der Waals surface area contributed by atoms with Gasteiger partial charge in [-0.2, -0.15) is 0 Å². The van der Waals surface area contributed by atoms with Crippen molar-refractivity contribution in [2.45, 2.75) is 19.6 Å². The number of halogens is 2. The van der Waals surface area contributed by atoms with Crippen LogP contribution in [0.25, 0.3) is 0 Å². The topological polar surface area (TPSA) is 53.0 Å². The normalized spacial score (nSPS) is 15.7. The molecular weight excluding hydrogens is 411 g/mol. The maximum absolute atomic E-state index is 11.6. The second kappa shape index (κ2) is 12.8. The lowest BCUT2D eigenvalue weighted by atomic mass is 10.1. The first-order chi connectivity index (χ1) is 13.1. The molecule has 1 saturated heterocycles. The molecule has 0 amide bonds. The SMILES string of the molecule is CC(=O)c1ccccc1OCC(O)CN1CCN(Cc2ccccc2)CC1.Cl.Cl. The molecule has 1 aliphatic rings. The second-order valence-electron chi connectivity index (χ2n) is 7.08. The van der Waals surface area contributed by atoms with E-state index in [1.807, 2.05) is 18.2 Å². The predicted octanol–water partition coefficient (Wildman–Crippen LogP) is 3.29. The monoisotopic (exact) mass is 440 g/mol. The number of hydrogen-bond donors (Lipinski definition) is 1. The molecule has 0 aromatic heterocycles. The third kappa shape index (κ3) is 7.96. The Morgan fingerprint density at radius 3 is 2.21 bits per heavy atom. The van der Waals surface area contributed by atoms with Gasteiger partial charge in [0, 0.05) is 39.3 Å². The van der Waals surface area contributed by atoms with Crippen LogP contribution >= 0.6 is 24.8 Å². The van der Waals surface area contributed by atoms with Gasteiger partial charge in [-0.3, -0.25) is 14.6 Å². The van der Waals surface area contributed by atoms with Crippen molar-refractivity contribution >= 4 is 30.6 Å². The highest BCUT2D eigenvalue weighted by atomic mass is 35.5. The van der Waals surface area contributed by atoms with Gasteiger partial charge in [-0.05, 0) is 24.6 Å². The van der Waals surface area contributed by atoms with E-state index in [4.69, 9.17) is 4.74 Å². The van der Waals surface area contributed by atoms with E-state index in [0.717, 1.165) is 32.7 Å². The van der Waals surface area contributed by atoms with Gasteiger partial charge < -0.3 is 9.84 Å². The van der Waals surface area contributed by atoms with E-state index in [2.05, 4.69) is 34.1 Å². The number of aliphatic hydroxyl groups excluding tert-OH is 1. The molecule has 3 rings (SSSR count). The van der Waals surface area contributed by atoms with Gasteiger partial charge in [-0.15, -0.1) is 24.8 Å². The van der Waals surface area contributed by atoms with Crippen molar-refractivity contribution < 1.29 is 14.6 Å². The van der Waals surface area contributed by atoms with Gasteiger partial charge in [0.05, 0.1) is 5.56 Å². The van der Waals surface area contributed by atoms with Crippen molar-refractivity contribution in [3.05, 3.63) is 65.7 Å². The van der Waals surface area contributed by atoms with Crippen LogP contribution in [0, 0.1) is 0 Å². The summed E-state index contributed by atoms with van der Waals surface area (Å²) in [5.74, 6) is 0.506. The molecule has 5 nitrogen and oxygen atoms in total. The van der Waals surface area contributed by atoms with E-state index in [1.54, 1.807) is 12.1 Å². The summed E-state index contributed by atoms with van der Waals surface area (Å²) in [7, 11) is 0. The summed E-state index contributed by atoms with van der Waals surface area (Å²) < 4.78 is 5.69. The molecule has 2 aromatic carbocycles. The summed E-state index contributed by atoms with van der Waals surface area (Å²) in [5.41, 5.74) is 1.89. The number of ether oxygens (including phenoxy) is 1. The van der Waals surface area contributed by atoms with E-state index < -0.39 is 6.10 Å². The lowest BCUT2D eigenvalue weighted by Crippen LogP contribution is -2.48. The fourth-order valence-electron chi connectivity index (χ4n) is 3.39. The molecule has 1 fully saturated rings. The van der Waals surface area contributed by atoms with E-state index >= 15 is 0 Å². The molecule has 29 heavy (non-hydrogen) atoms. The molecule has 0 saturated carbocycles. The molecule has 0 bridgehead atoms. The first kappa shape index (κ1) is 25.4. The van der Waals surface area contributed by atoms with E-state index in [-0.39, 0.29) is 37.2 Å².